The average molecular weight is 288 g/mol. The molecule has 0 heterocycles. The minimum atomic E-state index is -0.356. The smallest absolute Gasteiger partial charge is 0.283 e. The molecule has 0 aliphatic heterocycles. The van der Waals surface area contributed by atoms with E-state index in [1.807, 2.05) is 31.2 Å². The van der Waals surface area contributed by atoms with E-state index in [4.69, 9.17) is 5.73 Å². The van der Waals surface area contributed by atoms with Crippen LogP contribution in [0.1, 0.15) is 24.9 Å². The molecule has 0 saturated heterocycles. The van der Waals surface area contributed by atoms with Crippen molar-refractivity contribution < 1.29 is 4.92 Å². The van der Waals surface area contributed by atoms with Gasteiger partial charge in [0, 0.05) is 17.0 Å². The van der Waals surface area contributed by atoms with Gasteiger partial charge in [0.2, 0.25) is 0 Å². The van der Waals surface area contributed by atoms with E-state index in [-0.39, 0.29) is 16.7 Å². The van der Waals surface area contributed by atoms with Crippen LogP contribution in [-0.4, -0.2) is 4.92 Å². The highest BCUT2D eigenvalue weighted by atomic mass is 32.2. The molecule has 20 heavy (non-hydrogen) atoms. The largest absolute Gasteiger partial charge is 0.324 e. The van der Waals surface area contributed by atoms with Crippen LogP contribution in [-0.2, 0) is 0 Å². The third-order valence-corrected chi connectivity index (χ3v) is 4.20. The van der Waals surface area contributed by atoms with Gasteiger partial charge in [-0.3, -0.25) is 10.1 Å². The highest BCUT2D eigenvalue weighted by Crippen LogP contribution is 2.37. The molecule has 0 saturated carbocycles. The predicted molar refractivity (Wildman–Crippen MR) is 80.9 cm³/mol. The number of benzene rings is 2. The first-order valence-electron chi connectivity index (χ1n) is 6.39. The highest BCUT2D eigenvalue weighted by molar-refractivity contribution is 7.99. The summed E-state index contributed by atoms with van der Waals surface area (Å²) in [5.41, 5.74) is 7.25. The normalized spacial score (nSPS) is 12.1. The van der Waals surface area contributed by atoms with Crippen molar-refractivity contribution in [3.63, 3.8) is 0 Å². The maximum Gasteiger partial charge on any atom is 0.283 e. The van der Waals surface area contributed by atoms with Crippen molar-refractivity contribution in [3.05, 3.63) is 64.2 Å². The Bertz CT molecular complexity index is 616. The van der Waals surface area contributed by atoms with Crippen molar-refractivity contribution >= 4 is 17.4 Å². The molecule has 0 fully saturated rings. The fraction of sp³-hybridized carbons (Fsp3) is 0.200. The van der Waals surface area contributed by atoms with E-state index in [0.717, 1.165) is 16.9 Å². The van der Waals surface area contributed by atoms with Crippen molar-refractivity contribution in [1.29, 1.82) is 0 Å². The van der Waals surface area contributed by atoms with Gasteiger partial charge < -0.3 is 5.73 Å². The molecular formula is C15H16N2O2S. The summed E-state index contributed by atoms with van der Waals surface area (Å²) in [7, 11) is 0. The molecule has 0 amide bonds. The van der Waals surface area contributed by atoms with Crippen molar-refractivity contribution in [3.8, 4) is 0 Å². The molecule has 2 N–H and O–H groups in total. The quantitative estimate of drug-likeness (QED) is 0.662. The van der Waals surface area contributed by atoms with Gasteiger partial charge in [-0.05, 0) is 24.1 Å². The van der Waals surface area contributed by atoms with Crippen molar-refractivity contribution in [1.82, 2.24) is 0 Å². The first kappa shape index (κ1) is 14.6. The first-order valence-corrected chi connectivity index (χ1v) is 7.21. The minimum Gasteiger partial charge on any atom is -0.324 e. The summed E-state index contributed by atoms with van der Waals surface area (Å²) in [5.74, 6) is 0. The second kappa shape index (κ2) is 6.54. The van der Waals surface area contributed by atoms with Gasteiger partial charge in [-0.2, -0.15) is 0 Å². The summed E-state index contributed by atoms with van der Waals surface area (Å²) in [6, 6.07) is 14.5. The molecule has 2 aromatic rings. The summed E-state index contributed by atoms with van der Waals surface area (Å²) in [4.78, 5) is 12.3. The van der Waals surface area contributed by atoms with Gasteiger partial charge in [0.05, 0.1) is 9.82 Å². The summed E-state index contributed by atoms with van der Waals surface area (Å²) in [5, 5.41) is 11.1. The van der Waals surface area contributed by atoms with E-state index in [1.165, 1.54) is 17.8 Å². The fourth-order valence-electron chi connectivity index (χ4n) is 1.91. The van der Waals surface area contributed by atoms with Gasteiger partial charge in [0.15, 0.2) is 0 Å². The lowest BCUT2D eigenvalue weighted by molar-refractivity contribution is -0.387. The van der Waals surface area contributed by atoms with Gasteiger partial charge >= 0.3 is 0 Å². The summed E-state index contributed by atoms with van der Waals surface area (Å²) in [6.45, 7) is 2.02. The average Bonchev–Trinajstić information content (AvgIpc) is 2.47. The summed E-state index contributed by atoms with van der Waals surface area (Å²) < 4.78 is 0. The van der Waals surface area contributed by atoms with E-state index in [0.29, 0.717) is 4.90 Å². The van der Waals surface area contributed by atoms with Crippen LogP contribution in [0.3, 0.4) is 0 Å². The zero-order valence-electron chi connectivity index (χ0n) is 11.2. The topological polar surface area (TPSA) is 69.2 Å². The van der Waals surface area contributed by atoms with Crippen molar-refractivity contribution in [2.45, 2.75) is 29.2 Å². The van der Waals surface area contributed by atoms with Crippen LogP contribution in [0.5, 0.6) is 0 Å². The zero-order chi connectivity index (χ0) is 14.5. The monoisotopic (exact) mass is 288 g/mol. The van der Waals surface area contributed by atoms with Crippen molar-refractivity contribution in [2.24, 2.45) is 5.73 Å². The molecule has 2 aromatic carbocycles. The lowest BCUT2D eigenvalue weighted by atomic mass is 10.1. The Hall–Kier alpha value is -1.85. The fourth-order valence-corrected chi connectivity index (χ4v) is 3.03. The molecule has 1 atom stereocenters. The molecule has 1 unspecified atom stereocenters. The molecule has 0 radical (unpaired) electrons. The molecule has 0 aliphatic rings. The minimum absolute atomic E-state index is 0.0542. The van der Waals surface area contributed by atoms with Gasteiger partial charge in [0.25, 0.3) is 5.69 Å². The maximum atomic E-state index is 11.1. The first-order chi connectivity index (χ1) is 9.63. The number of hydrogen-bond acceptors (Lipinski definition) is 4. The number of para-hydroxylation sites is 1. The molecule has 0 bridgehead atoms. The molecule has 104 valence electrons. The lowest BCUT2D eigenvalue weighted by Crippen LogP contribution is -2.09. The van der Waals surface area contributed by atoms with Crippen LogP contribution in [0, 0.1) is 10.1 Å². The van der Waals surface area contributed by atoms with Gasteiger partial charge in [-0.25, -0.2) is 0 Å². The third kappa shape index (κ3) is 3.18. The van der Waals surface area contributed by atoms with Crippen LogP contribution in [0.4, 0.5) is 5.69 Å². The van der Waals surface area contributed by atoms with E-state index in [9.17, 15) is 10.1 Å². The second-order valence-corrected chi connectivity index (χ2v) is 5.46. The Kier molecular flexibility index (Phi) is 4.76. The van der Waals surface area contributed by atoms with Crippen molar-refractivity contribution in [2.75, 3.05) is 0 Å². The predicted octanol–water partition coefficient (Wildman–Crippen LogP) is 4.16. The molecule has 4 nitrogen and oxygen atoms in total. The van der Waals surface area contributed by atoms with Crippen LogP contribution in [0.25, 0.3) is 0 Å². The Balaban J connectivity index is 2.38. The standard InChI is InChI=1S/C15H16N2O2S/c1-2-12(16)11-7-3-5-9-14(11)20-15-10-6-4-8-13(15)17(18)19/h3-10,12H,2,16H2,1H3. The molecule has 0 aliphatic carbocycles. The van der Waals surface area contributed by atoms with Gasteiger partial charge in [-0.15, -0.1) is 0 Å². The maximum absolute atomic E-state index is 11.1. The van der Waals surface area contributed by atoms with E-state index in [1.54, 1.807) is 18.2 Å². The highest BCUT2D eigenvalue weighted by Gasteiger charge is 2.16. The van der Waals surface area contributed by atoms with E-state index < -0.39 is 0 Å². The van der Waals surface area contributed by atoms with Crippen LogP contribution in [0.15, 0.2) is 58.3 Å². The van der Waals surface area contributed by atoms with E-state index >= 15 is 0 Å². The van der Waals surface area contributed by atoms with Crippen LogP contribution >= 0.6 is 11.8 Å². The Labute approximate surface area is 122 Å². The Morgan fingerprint density at radius 2 is 1.75 bits per heavy atom. The molecule has 5 heteroatoms. The molecule has 0 aromatic heterocycles. The zero-order valence-corrected chi connectivity index (χ0v) is 12.0. The number of nitrogens with two attached hydrogens (primary N) is 1. The number of rotatable bonds is 5. The van der Waals surface area contributed by atoms with Crippen LogP contribution in [0.2, 0.25) is 0 Å². The number of hydrogen-bond donors (Lipinski definition) is 1. The second-order valence-electron chi connectivity index (χ2n) is 4.38. The Morgan fingerprint density at radius 3 is 2.40 bits per heavy atom. The summed E-state index contributed by atoms with van der Waals surface area (Å²) >= 11 is 1.39. The number of nitrogens with zero attached hydrogens (tertiary/aromatic N) is 1. The molecule has 2 rings (SSSR count). The van der Waals surface area contributed by atoms with E-state index in [2.05, 4.69) is 0 Å². The number of nitro groups is 1. The van der Waals surface area contributed by atoms with Gasteiger partial charge in [0.1, 0.15) is 0 Å². The SMILES string of the molecule is CCC(N)c1ccccc1Sc1ccccc1[N+](=O)[O-]. The molecule has 0 spiro atoms. The van der Waals surface area contributed by atoms with Crippen LogP contribution < -0.4 is 5.73 Å². The van der Waals surface area contributed by atoms with Gasteiger partial charge in [-0.1, -0.05) is 49.0 Å². The summed E-state index contributed by atoms with van der Waals surface area (Å²) in [6.07, 6.45) is 0.828. The number of nitro benzene ring substituents is 1. The third-order valence-electron chi connectivity index (χ3n) is 3.04. The lowest BCUT2D eigenvalue weighted by Gasteiger charge is -2.14. The molecular weight excluding hydrogens is 272 g/mol. The Morgan fingerprint density at radius 1 is 1.15 bits per heavy atom.